The van der Waals surface area contributed by atoms with E-state index in [1.54, 1.807) is 0 Å². The molecule has 9 nitrogen and oxygen atoms in total. The van der Waals surface area contributed by atoms with Crippen LogP contribution < -0.4 is 10.8 Å². The second kappa shape index (κ2) is 17.8. The fraction of sp³-hybridized carbons (Fsp3) is 0.929. The van der Waals surface area contributed by atoms with Crippen LogP contribution in [-0.2, 0) is 24.1 Å². The van der Waals surface area contributed by atoms with Crippen LogP contribution in [-0.4, -0.2) is 103 Å². The van der Waals surface area contributed by atoms with Crippen molar-refractivity contribution in [1.82, 2.24) is 10.8 Å². The third-order valence-corrected chi connectivity index (χ3v) is 14.9. The first-order valence-corrected chi connectivity index (χ1v) is 18.8. The van der Waals surface area contributed by atoms with Crippen LogP contribution in [0.1, 0.15) is 51.4 Å². The largest absolute Gasteiger partial charge is 0.481 e. The minimum absolute atomic E-state index is 0.0214. The zero-order valence-corrected chi connectivity index (χ0v) is 30.3. The number of carboxylic acid groups (broad SMARTS) is 1. The molecule has 4 rings (SSSR count). The van der Waals surface area contributed by atoms with Crippen molar-refractivity contribution in [2.24, 2.45) is 23.7 Å². The molecule has 0 aromatic rings. The van der Waals surface area contributed by atoms with E-state index in [0.29, 0.717) is 12.8 Å². The third kappa shape index (κ3) is 9.44. The van der Waals surface area contributed by atoms with E-state index in [2.05, 4.69) is 15.7 Å². The van der Waals surface area contributed by atoms with Crippen molar-refractivity contribution < 1.29 is 34.4 Å². The number of aliphatic carboxylic acids is 1. The van der Waals surface area contributed by atoms with E-state index in [0.717, 1.165) is 38.5 Å². The van der Waals surface area contributed by atoms with Crippen LogP contribution in [0.15, 0.2) is 0 Å². The van der Waals surface area contributed by atoms with E-state index in [9.17, 15) is 14.7 Å². The minimum atomic E-state index is -1.24. The van der Waals surface area contributed by atoms with Crippen LogP contribution in [0.25, 0.3) is 0 Å². The summed E-state index contributed by atoms with van der Waals surface area (Å²) in [6.07, 6.45) is 6.64. The van der Waals surface area contributed by atoms with Crippen molar-refractivity contribution in [2.75, 3.05) is 13.2 Å². The van der Waals surface area contributed by atoms with Crippen molar-refractivity contribution in [1.29, 1.82) is 0 Å². The third-order valence-electron chi connectivity index (χ3n) is 9.73. The van der Waals surface area contributed by atoms with Gasteiger partial charge in [-0.1, -0.05) is 0 Å². The maximum absolute atomic E-state index is 13.2. The van der Waals surface area contributed by atoms with Crippen LogP contribution in [0.4, 0.5) is 0 Å². The quantitative estimate of drug-likeness (QED) is 0.111. The molecular weight excluding hydrogens is 760 g/mol. The van der Waals surface area contributed by atoms with Crippen molar-refractivity contribution in [3.8, 4) is 0 Å². The van der Waals surface area contributed by atoms with Gasteiger partial charge in [0.15, 0.2) is 0 Å². The van der Waals surface area contributed by atoms with Crippen LogP contribution in [0.5, 0.6) is 0 Å². The molecule has 4 fully saturated rings. The summed E-state index contributed by atoms with van der Waals surface area (Å²) in [5.41, 5.74) is 3.14. The Balaban J connectivity index is 1.16. The molecule has 12 unspecified atom stereocenters. The molecule has 0 radical (unpaired) electrons. The van der Waals surface area contributed by atoms with Gasteiger partial charge in [0.1, 0.15) is 0 Å². The van der Waals surface area contributed by atoms with Crippen molar-refractivity contribution in [2.45, 2.75) is 119 Å². The highest BCUT2D eigenvalue weighted by Gasteiger charge is 2.54. The minimum Gasteiger partial charge on any atom is -0.481 e. The molecule has 17 heteroatoms. The van der Waals surface area contributed by atoms with E-state index in [1.807, 2.05) is 0 Å². The summed E-state index contributed by atoms with van der Waals surface area (Å²) in [5, 5.41) is 15.9. The van der Waals surface area contributed by atoms with E-state index in [1.165, 1.54) is 0 Å². The van der Waals surface area contributed by atoms with Crippen molar-refractivity contribution in [3.05, 3.63) is 0 Å². The molecule has 0 saturated heterocycles. The summed E-state index contributed by atoms with van der Waals surface area (Å²) >= 11 is 51.0. The van der Waals surface area contributed by atoms with Crippen LogP contribution in [0.2, 0.25) is 0 Å². The Labute approximate surface area is 303 Å². The van der Waals surface area contributed by atoms with Gasteiger partial charge >= 0.3 is 5.97 Å². The number of nitrogens with one attached hydrogen (secondary N) is 2. The Bertz CT molecular complexity index is 977. The lowest BCUT2D eigenvalue weighted by Gasteiger charge is -2.43. The predicted octanol–water partition coefficient (Wildman–Crippen LogP) is 6.19. The normalized spacial score (nSPS) is 46.0. The van der Waals surface area contributed by atoms with Gasteiger partial charge in [0.2, 0.25) is 5.91 Å². The van der Waals surface area contributed by atoms with E-state index in [-0.39, 0.29) is 49.3 Å². The second-order valence-corrected chi connectivity index (χ2v) is 16.6. The standard InChI is InChI=1S/C28H40Cl8N2O7/c29-19-15(16(10-44-42)20(30)24(34)23(19)33)9-43-38-12-3-7-14(8-4-12)45-13-5-1-11(2-6-13)37-27(39)17-18(28(40)41)22(32)26(36)25(35)21(17)31/h11-26,38,42H,1-10H2,(H,37,39)(H,40,41). The lowest BCUT2D eigenvalue weighted by atomic mass is 9.77. The number of amides is 1. The molecule has 0 heterocycles. The van der Waals surface area contributed by atoms with Gasteiger partial charge < -0.3 is 20.0 Å². The first-order chi connectivity index (χ1) is 21.3. The van der Waals surface area contributed by atoms with Gasteiger partial charge in [0, 0.05) is 23.9 Å². The Hall–Kier alpha value is 1.06. The number of alkyl halides is 8. The van der Waals surface area contributed by atoms with Crippen LogP contribution >= 0.6 is 92.8 Å². The van der Waals surface area contributed by atoms with Crippen molar-refractivity contribution in [3.63, 3.8) is 0 Å². The summed E-state index contributed by atoms with van der Waals surface area (Å²) < 4.78 is 6.42. The van der Waals surface area contributed by atoms with Gasteiger partial charge in [-0.15, -0.1) is 92.8 Å². The highest BCUT2D eigenvalue weighted by atomic mass is 35.5. The average Bonchev–Trinajstić information content (AvgIpc) is 3.02. The number of carboxylic acids is 1. The van der Waals surface area contributed by atoms with E-state index in [4.69, 9.17) is 108 Å². The van der Waals surface area contributed by atoms with Gasteiger partial charge in [-0.05, 0) is 51.4 Å². The lowest BCUT2D eigenvalue weighted by molar-refractivity contribution is -0.256. The second-order valence-electron chi connectivity index (χ2n) is 12.6. The molecule has 4 saturated carbocycles. The summed E-state index contributed by atoms with van der Waals surface area (Å²) in [5.74, 6) is -4.61. The molecule has 0 spiro atoms. The Morgan fingerprint density at radius 2 is 1.04 bits per heavy atom. The Kier molecular flexibility index (Phi) is 15.4. The maximum Gasteiger partial charge on any atom is 0.308 e. The molecule has 0 bridgehead atoms. The SMILES string of the molecule is O=C(O)C1C(Cl)C(Cl)C(Cl)C(Cl)C1C(=O)NC1CCC(OC2CCC(NOCC3C(Cl)C(Cl)C(Cl)C(Cl)C3COO)CC2)CC1. The number of hydrogen-bond donors (Lipinski definition) is 4. The molecule has 0 aromatic heterocycles. The number of hydrogen-bond acceptors (Lipinski definition) is 7. The first-order valence-electron chi connectivity index (χ1n) is 15.3. The summed E-state index contributed by atoms with van der Waals surface area (Å²) in [6.45, 7) is 0.219. The molecule has 0 aromatic carbocycles. The number of ether oxygens (including phenoxy) is 1. The smallest absolute Gasteiger partial charge is 0.308 e. The number of hydroxylamine groups is 1. The molecule has 4 N–H and O–H groups in total. The molecule has 260 valence electrons. The molecular formula is C28H40Cl8N2O7. The van der Waals surface area contributed by atoms with Crippen LogP contribution in [0.3, 0.4) is 0 Å². The summed E-state index contributed by atoms with van der Waals surface area (Å²) in [7, 11) is 0. The number of carbonyl (C=O) groups excluding carboxylic acids is 1. The first kappa shape index (κ1) is 38.9. The van der Waals surface area contributed by atoms with Gasteiger partial charge in [-0.2, -0.15) is 5.48 Å². The zero-order chi connectivity index (χ0) is 33.0. The highest BCUT2D eigenvalue weighted by Crippen LogP contribution is 2.44. The van der Waals surface area contributed by atoms with Crippen LogP contribution in [0, 0.1) is 23.7 Å². The number of carbonyl (C=O) groups is 2. The maximum atomic E-state index is 13.2. The Morgan fingerprint density at radius 3 is 1.53 bits per heavy atom. The fourth-order valence-corrected chi connectivity index (χ4v) is 10.3. The average molecular weight is 800 g/mol. The molecule has 45 heavy (non-hydrogen) atoms. The van der Waals surface area contributed by atoms with Gasteiger partial charge in [0.05, 0.1) is 80.3 Å². The predicted molar refractivity (Wildman–Crippen MR) is 178 cm³/mol. The molecule has 0 aliphatic heterocycles. The molecule has 12 atom stereocenters. The zero-order valence-electron chi connectivity index (χ0n) is 24.3. The monoisotopic (exact) mass is 796 g/mol. The highest BCUT2D eigenvalue weighted by molar-refractivity contribution is 6.40. The molecule has 1 amide bonds. The number of rotatable bonds is 11. The summed E-state index contributed by atoms with van der Waals surface area (Å²) in [6, 6.07) is 0.0253. The van der Waals surface area contributed by atoms with Gasteiger partial charge in [0.25, 0.3) is 0 Å². The van der Waals surface area contributed by atoms with Gasteiger partial charge in [-0.3, -0.25) is 14.8 Å². The van der Waals surface area contributed by atoms with E-state index >= 15 is 0 Å². The lowest BCUT2D eigenvalue weighted by Crippen LogP contribution is -2.58. The topological polar surface area (TPSA) is 126 Å². The Morgan fingerprint density at radius 1 is 0.600 bits per heavy atom. The van der Waals surface area contributed by atoms with E-state index < -0.39 is 66.7 Å². The van der Waals surface area contributed by atoms with Gasteiger partial charge in [-0.25, -0.2) is 4.89 Å². The fourth-order valence-electron chi connectivity index (χ4n) is 7.05. The molecule has 4 aliphatic carbocycles. The van der Waals surface area contributed by atoms with Crippen molar-refractivity contribution >= 4 is 105 Å². The number of halogens is 8. The summed E-state index contributed by atoms with van der Waals surface area (Å²) in [4.78, 5) is 35.3. The molecule has 4 aliphatic rings.